The predicted octanol–water partition coefficient (Wildman–Crippen LogP) is 3.98. The molecule has 2 aromatic heterocycles. The van der Waals surface area contributed by atoms with Gasteiger partial charge in [0.25, 0.3) is 11.3 Å². The monoisotopic (exact) mass is 424 g/mol. The number of hydrogen-bond acceptors (Lipinski definition) is 5. The first-order chi connectivity index (χ1) is 14.8. The van der Waals surface area contributed by atoms with Crippen LogP contribution in [0.15, 0.2) is 52.0 Å². The summed E-state index contributed by atoms with van der Waals surface area (Å²) in [6, 6.07) is 8.41. The van der Waals surface area contributed by atoms with Crippen LogP contribution in [0.4, 0.5) is 14.5 Å². The Bertz CT molecular complexity index is 1340. The molecule has 9 heteroatoms. The van der Waals surface area contributed by atoms with Crippen molar-refractivity contribution in [3.63, 3.8) is 0 Å². The zero-order valence-corrected chi connectivity index (χ0v) is 16.8. The molecule has 1 N–H and O–H groups in total. The van der Waals surface area contributed by atoms with Crippen LogP contribution in [0, 0.1) is 25.5 Å². The molecule has 4 rings (SSSR count). The lowest BCUT2D eigenvalue weighted by atomic mass is 10.1. The molecule has 0 aliphatic heterocycles. The Labute approximate surface area is 175 Å². The number of nitrogens with zero attached hydrogens (tertiary/aromatic N) is 3. The van der Waals surface area contributed by atoms with Crippen molar-refractivity contribution in [3.8, 4) is 11.3 Å². The highest BCUT2D eigenvalue weighted by Gasteiger charge is 2.18. The van der Waals surface area contributed by atoms with E-state index in [9.17, 15) is 18.4 Å². The smallest absolute Gasteiger partial charge is 0.266 e. The van der Waals surface area contributed by atoms with E-state index in [0.717, 1.165) is 29.3 Å². The van der Waals surface area contributed by atoms with Gasteiger partial charge in [0.05, 0.1) is 0 Å². The Morgan fingerprint density at radius 3 is 2.55 bits per heavy atom. The second-order valence-electron chi connectivity index (χ2n) is 7.21. The van der Waals surface area contributed by atoms with E-state index in [1.807, 2.05) is 32.0 Å². The fourth-order valence-corrected chi connectivity index (χ4v) is 3.19. The lowest BCUT2D eigenvalue weighted by Gasteiger charge is -2.08. The minimum Gasteiger partial charge on any atom is -0.335 e. The Morgan fingerprint density at radius 1 is 1.10 bits per heavy atom. The van der Waals surface area contributed by atoms with Gasteiger partial charge in [0.2, 0.25) is 5.91 Å². The number of carbonyl (C=O) groups is 1. The van der Waals surface area contributed by atoms with E-state index in [0.29, 0.717) is 5.69 Å². The van der Waals surface area contributed by atoms with E-state index in [-0.39, 0.29) is 41.2 Å². The topological polar surface area (TPSA) is 90.0 Å². The fourth-order valence-electron chi connectivity index (χ4n) is 3.19. The number of benzene rings is 2. The van der Waals surface area contributed by atoms with Crippen LogP contribution >= 0.6 is 0 Å². The molecule has 4 aromatic rings. The van der Waals surface area contributed by atoms with Crippen molar-refractivity contribution in [1.29, 1.82) is 0 Å². The van der Waals surface area contributed by atoms with Crippen LogP contribution in [0.3, 0.4) is 0 Å². The zero-order valence-electron chi connectivity index (χ0n) is 16.8. The van der Waals surface area contributed by atoms with Crippen LogP contribution in [0.25, 0.3) is 22.4 Å². The summed E-state index contributed by atoms with van der Waals surface area (Å²) in [6.45, 7) is 3.99. The van der Waals surface area contributed by atoms with Crippen molar-refractivity contribution in [2.24, 2.45) is 0 Å². The summed E-state index contributed by atoms with van der Waals surface area (Å²) < 4.78 is 33.5. The maximum Gasteiger partial charge on any atom is 0.266 e. The van der Waals surface area contributed by atoms with Gasteiger partial charge in [-0.15, -0.1) is 0 Å². The molecule has 0 aliphatic rings. The number of carbonyl (C=O) groups excluding carboxylic acids is 1. The number of rotatable bonds is 5. The average Bonchev–Trinajstić information content (AvgIpc) is 3.15. The van der Waals surface area contributed by atoms with E-state index in [4.69, 9.17) is 4.52 Å². The van der Waals surface area contributed by atoms with Crippen LogP contribution < -0.4 is 10.9 Å². The molecule has 0 bridgehead atoms. The maximum absolute atomic E-state index is 13.6. The van der Waals surface area contributed by atoms with Crippen LogP contribution in [0.2, 0.25) is 0 Å². The number of amides is 1. The molecule has 0 saturated heterocycles. The van der Waals surface area contributed by atoms with Crippen molar-refractivity contribution in [2.75, 3.05) is 5.32 Å². The lowest BCUT2D eigenvalue weighted by Crippen LogP contribution is -2.23. The Morgan fingerprint density at radius 2 is 1.84 bits per heavy atom. The minimum absolute atomic E-state index is 0.0120. The number of hydrogen-bond donors (Lipinski definition) is 1. The quantitative estimate of drug-likeness (QED) is 0.524. The Hall–Kier alpha value is -3.88. The second kappa shape index (κ2) is 8.10. The van der Waals surface area contributed by atoms with Crippen molar-refractivity contribution in [1.82, 2.24) is 14.7 Å². The third kappa shape index (κ3) is 4.20. The van der Waals surface area contributed by atoms with E-state index in [1.54, 1.807) is 0 Å². The van der Waals surface area contributed by atoms with Crippen molar-refractivity contribution < 1.29 is 18.1 Å². The van der Waals surface area contributed by atoms with Gasteiger partial charge in [0.15, 0.2) is 0 Å². The van der Waals surface area contributed by atoms with E-state index >= 15 is 0 Å². The third-order valence-corrected chi connectivity index (χ3v) is 4.97. The highest BCUT2D eigenvalue weighted by molar-refractivity contribution is 5.91. The van der Waals surface area contributed by atoms with Crippen LogP contribution in [-0.2, 0) is 11.3 Å². The number of fused-ring (bicyclic) bond motifs is 1. The summed E-state index contributed by atoms with van der Waals surface area (Å²) >= 11 is 0. The maximum atomic E-state index is 13.6. The van der Waals surface area contributed by atoms with Gasteiger partial charge in [0.1, 0.15) is 29.0 Å². The van der Waals surface area contributed by atoms with Gasteiger partial charge in [-0.05, 0) is 49.2 Å². The number of aryl methyl sites for hydroxylation is 3. The third-order valence-electron chi connectivity index (χ3n) is 4.97. The molecule has 0 unspecified atom stereocenters. The second-order valence-corrected chi connectivity index (χ2v) is 7.21. The Kier molecular flexibility index (Phi) is 5.33. The van der Waals surface area contributed by atoms with Gasteiger partial charge >= 0.3 is 0 Å². The fraction of sp³-hybridized carbons (Fsp3) is 0.182. The average molecular weight is 424 g/mol. The molecule has 1 amide bonds. The summed E-state index contributed by atoms with van der Waals surface area (Å²) in [5.74, 6) is -1.88. The summed E-state index contributed by atoms with van der Waals surface area (Å²) in [5.41, 5.74) is 2.30. The van der Waals surface area contributed by atoms with Gasteiger partial charge in [-0.3, -0.25) is 14.2 Å². The molecule has 158 valence electrons. The Balaban J connectivity index is 1.57. The molecule has 0 spiro atoms. The molecule has 0 atom stereocenters. The molecule has 2 aromatic carbocycles. The summed E-state index contributed by atoms with van der Waals surface area (Å²) in [5, 5.41) is 6.53. The van der Waals surface area contributed by atoms with E-state index in [2.05, 4.69) is 15.5 Å². The molecule has 0 aliphatic carbocycles. The number of nitrogens with one attached hydrogen (secondary N) is 1. The molecule has 31 heavy (non-hydrogen) atoms. The SMILES string of the molecule is Cc1ccc(NC(=O)CCn2cnc3onc(-c4cc(F)cc(F)c4)c3c2=O)cc1C. The number of halogens is 2. The minimum atomic E-state index is -0.807. The highest BCUT2D eigenvalue weighted by Crippen LogP contribution is 2.25. The summed E-state index contributed by atoms with van der Waals surface area (Å²) in [4.78, 5) is 29.3. The highest BCUT2D eigenvalue weighted by atomic mass is 19.1. The standard InChI is InChI=1S/C22H18F2N4O3/c1-12-3-4-17(7-13(12)2)26-18(29)5-6-28-11-25-21-19(22(28)30)20(27-31-21)14-8-15(23)10-16(24)9-14/h3-4,7-11H,5-6H2,1-2H3,(H,26,29). The molecule has 2 heterocycles. The van der Waals surface area contributed by atoms with Gasteiger partial charge in [-0.1, -0.05) is 11.2 Å². The molecular weight excluding hydrogens is 406 g/mol. The number of anilines is 1. The van der Waals surface area contributed by atoms with Crippen LogP contribution in [-0.4, -0.2) is 20.6 Å². The lowest BCUT2D eigenvalue weighted by molar-refractivity contribution is -0.116. The first-order valence-corrected chi connectivity index (χ1v) is 9.50. The van der Waals surface area contributed by atoms with Gasteiger partial charge in [0, 0.05) is 30.3 Å². The predicted molar refractivity (Wildman–Crippen MR) is 111 cm³/mol. The summed E-state index contributed by atoms with van der Waals surface area (Å²) in [7, 11) is 0. The molecular formula is C22H18F2N4O3. The molecule has 0 radical (unpaired) electrons. The van der Waals surface area contributed by atoms with Crippen LogP contribution in [0.1, 0.15) is 17.5 Å². The van der Waals surface area contributed by atoms with Crippen molar-refractivity contribution in [2.45, 2.75) is 26.8 Å². The van der Waals surface area contributed by atoms with Crippen LogP contribution in [0.5, 0.6) is 0 Å². The summed E-state index contributed by atoms with van der Waals surface area (Å²) in [6.07, 6.45) is 1.27. The normalized spacial score (nSPS) is 11.1. The van der Waals surface area contributed by atoms with Crippen molar-refractivity contribution in [3.05, 3.63) is 75.8 Å². The van der Waals surface area contributed by atoms with E-state index in [1.165, 1.54) is 10.9 Å². The van der Waals surface area contributed by atoms with Gasteiger partial charge in [-0.25, -0.2) is 13.8 Å². The van der Waals surface area contributed by atoms with Gasteiger partial charge < -0.3 is 9.84 Å². The van der Waals surface area contributed by atoms with Gasteiger partial charge in [-0.2, -0.15) is 0 Å². The van der Waals surface area contributed by atoms with Crippen molar-refractivity contribution >= 4 is 22.7 Å². The van der Waals surface area contributed by atoms with E-state index < -0.39 is 17.2 Å². The molecule has 0 fully saturated rings. The first kappa shape index (κ1) is 20.4. The number of aromatic nitrogens is 3. The first-order valence-electron chi connectivity index (χ1n) is 9.50. The zero-order chi connectivity index (χ0) is 22.1. The largest absolute Gasteiger partial charge is 0.335 e. The molecule has 7 nitrogen and oxygen atoms in total. The molecule has 0 saturated carbocycles.